The topological polar surface area (TPSA) is 13.0 Å². The summed E-state index contributed by atoms with van der Waals surface area (Å²) >= 11 is 0. The highest BCUT2D eigenvalue weighted by molar-refractivity contribution is 5.84. The van der Waals surface area contributed by atoms with Gasteiger partial charge in [0.25, 0.3) is 0 Å². The van der Waals surface area contributed by atoms with Crippen LogP contribution in [0.25, 0.3) is 0 Å². The molecule has 0 amide bonds. The fourth-order valence-corrected chi connectivity index (χ4v) is 9.92. The molecule has 9 rings (SSSR count). The van der Waals surface area contributed by atoms with Crippen molar-refractivity contribution in [3.05, 3.63) is 245 Å². The maximum atomic E-state index is 2.68. The molecule has 0 spiro atoms. The Morgan fingerprint density at radius 2 is 0.800 bits per heavy atom. The van der Waals surface area contributed by atoms with Gasteiger partial charge < -0.3 is 19.6 Å². The molecule has 0 aromatic heterocycles. The minimum absolute atomic E-state index is 0.0378. The molecule has 4 nitrogen and oxygen atoms in total. The molecule has 2 unspecified atom stereocenters. The van der Waals surface area contributed by atoms with Crippen molar-refractivity contribution in [2.24, 2.45) is 5.92 Å². The molecule has 2 aliphatic carbocycles. The summed E-state index contributed by atoms with van der Waals surface area (Å²) in [6.45, 7) is 16.3. The molecule has 0 fully saturated rings. The number of hydrogen-bond donors (Lipinski definition) is 0. The Hall–Kier alpha value is -7.30. The zero-order chi connectivity index (χ0) is 45.0. The van der Waals surface area contributed by atoms with Crippen molar-refractivity contribution in [1.29, 1.82) is 0 Å². The number of allylic oxidation sites excluding steroid dienone is 5. The van der Waals surface area contributed by atoms with Crippen LogP contribution < -0.4 is 19.6 Å². The van der Waals surface area contributed by atoms with E-state index in [0.29, 0.717) is 0 Å². The number of nitrogens with zero attached hydrogens (tertiary/aromatic N) is 4. The molecule has 2 aliphatic rings. The fourth-order valence-electron chi connectivity index (χ4n) is 9.92. The first-order valence-electron chi connectivity index (χ1n) is 23.1. The molecule has 0 saturated heterocycles. The highest BCUT2D eigenvalue weighted by Gasteiger charge is 2.36. The molecule has 7 aromatic carbocycles. The van der Waals surface area contributed by atoms with Crippen LogP contribution in [0.4, 0.5) is 51.2 Å². The first kappa shape index (κ1) is 43.0. The Labute approximate surface area is 387 Å². The maximum absolute atomic E-state index is 2.68. The second kappa shape index (κ2) is 18.8. The summed E-state index contributed by atoms with van der Waals surface area (Å²) in [4.78, 5) is 9.97. The third-order valence-electron chi connectivity index (χ3n) is 13.3. The van der Waals surface area contributed by atoms with Gasteiger partial charge in [0.05, 0.1) is 6.04 Å². The van der Waals surface area contributed by atoms with E-state index in [4.69, 9.17) is 0 Å². The van der Waals surface area contributed by atoms with E-state index in [9.17, 15) is 0 Å². The van der Waals surface area contributed by atoms with Crippen molar-refractivity contribution in [3.8, 4) is 0 Å². The van der Waals surface area contributed by atoms with E-state index in [1.54, 1.807) is 0 Å². The van der Waals surface area contributed by atoms with E-state index in [1.165, 1.54) is 73.2 Å². The van der Waals surface area contributed by atoms with Crippen LogP contribution in [0.1, 0.15) is 55.9 Å². The van der Waals surface area contributed by atoms with Gasteiger partial charge in [-0.05, 0) is 185 Å². The molecule has 0 radical (unpaired) electrons. The van der Waals surface area contributed by atoms with E-state index in [1.807, 2.05) is 0 Å². The van der Waals surface area contributed by atoms with Gasteiger partial charge >= 0.3 is 0 Å². The Morgan fingerprint density at radius 3 is 1.22 bits per heavy atom. The Kier molecular flexibility index (Phi) is 12.4. The lowest BCUT2D eigenvalue weighted by Crippen LogP contribution is -2.42. The molecule has 0 bridgehead atoms. The summed E-state index contributed by atoms with van der Waals surface area (Å²) < 4.78 is 0. The number of hydrogen-bond acceptors (Lipinski definition) is 4. The second-order valence-electron chi connectivity index (χ2n) is 17.7. The van der Waals surface area contributed by atoms with Gasteiger partial charge in [-0.1, -0.05) is 110 Å². The van der Waals surface area contributed by atoms with Crippen molar-refractivity contribution in [2.45, 2.75) is 67.3 Å². The van der Waals surface area contributed by atoms with Gasteiger partial charge in [0, 0.05) is 68.5 Å². The number of aryl methyl sites for hydroxylation is 4. The number of benzene rings is 7. The van der Waals surface area contributed by atoms with Crippen LogP contribution in [0.3, 0.4) is 0 Å². The molecule has 0 N–H and O–H groups in total. The molecule has 324 valence electrons. The molecular weight excluding hydrogens is 789 g/mol. The van der Waals surface area contributed by atoms with Crippen LogP contribution in [0.15, 0.2) is 223 Å². The first-order valence-corrected chi connectivity index (χ1v) is 23.1. The van der Waals surface area contributed by atoms with E-state index in [2.05, 4.69) is 268 Å². The van der Waals surface area contributed by atoms with Gasteiger partial charge in [0.1, 0.15) is 0 Å². The number of para-hydroxylation sites is 5. The summed E-state index contributed by atoms with van der Waals surface area (Å²) in [7, 11) is 0. The lowest BCUT2D eigenvalue weighted by molar-refractivity contribution is 0.545. The monoisotopic (exact) mass is 848 g/mol. The van der Waals surface area contributed by atoms with Crippen molar-refractivity contribution in [3.63, 3.8) is 0 Å². The Bertz CT molecular complexity index is 2820. The quantitative estimate of drug-likeness (QED) is 0.121. The normalized spacial score (nSPS) is 15.9. The van der Waals surface area contributed by atoms with Crippen molar-refractivity contribution in [1.82, 2.24) is 0 Å². The largest absolute Gasteiger partial charge is 0.333 e. The van der Waals surface area contributed by atoms with Crippen molar-refractivity contribution < 1.29 is 0 Å². The summed E-state index contributed by atoms with van der Waals surface area (Å²) in [6, 6.07) is 63.7. The average Bonchev–Trinajstić information content (AvgIpc) is 3.34. The fraction of sp³-hybridized carbons (Fsp3) is 0.180. The van der Waals surface area contributed by atoms with Crippen LogP contribution >= 0.6 is 0 Å². The van der Waals surface area contributed by atoms with E-state index >= 15 is 0 Å². The molecule has 0 aliphatic heterocycles. The molecule has 7 aromatic rings. The van der Waals surface area contributed by atoms with Gasteiger partial charge in [0.15, 0.2) is 0 Å². The van der Waals surface area contributed by atoms with Crippen LogP contribution in [0, 0.1) is 33.6 Å². The maximum Gasteiger partial charge on any atom is 0.0616 e. The molecular formula is C61H60N4. The standard InChI is InChI=1S/C61H60N4/c1-43-40-58(45(3)38-56(43)62(50-26-14-8-15-27-50)51-28-16-9-17-29-51)65(59-41-44(2)57(39-46(59)4)63(52-30-18-10-19-31-52)53-32-20-11-21-33-53)61-47(5)42-60(48(6)49(61)7)64(54-34-22-12-23-35-54)55-36-24-13-25-37-55/h8-20,22-32,34-42,49,61H,21,33H2,1-7H3. The number of rotatable bonds is 12. The van der Waals surface area contributed by atoms with E-state index in [0.717, 1.165) is 35.6 Å². The molecule has 0 heterocycles. The zero-order valence-corrected chi connectivity index (χ0v) is 38.9. The third kappa shape index (κ3) is 8.57. The first-order chi connectivity index (χ1) is 31.7. The van der Waals surface area contributed by atoms with Crippen molar-refractivity contribution >= 4 is 51.2 Å². The summed E-state index contributed by atoms with van der Waals surface area (Å²) in [5.41, 5.74) is 20.7. The van der Waals surface area contributed by atoms with Crippen LogP contribution in [-0.4, -0.2) is 6.04 Å². The van der Waals surface area contributed by atoms with Crippen LogP contribution in [0.5, 0.6) is 0 Å². The van der Waals surface area contributed by atoms with Crippen LogP contribution in [-0.2, 0) is 0 Å². The van der Waals surface area contributed by atoms with Gasteiger partial charge in [-0.2, -0.15) is 0 Å². The smallest absolute Gasteiger partial charge is 0.0616 e. The minimum atomic E-state index is 0.0378. The van der Waals surface area contributed by atoms with Crippen molar-refractivity contribution in [2.75, 3.05) is 19.6 Å². The Morgan fingerprint density at radius 1 is 0.431 bits per heavy atom. The summed E-state index contributed by atoms with van der Waals surface area (Å²) in [6.07, 6.45) is 11.2. The molecule has 2 atom stereocenters. The highest BCUT2D eigenvalue weighted by Crippen LogP contribution is 2.48. The van der Waals surface area contributed by atoms with Gasteiger partial charge in [0.2, 0.25) is 0 Å². The molecule has 0 saturated carbocycles. The third-order valence-corrected chi connectivity index (χ3v) is 13.3. The predicted octanol–water partition coefficient (Wildman–Crippen LogP) is 17.0. The van der Waals surface area contributed by atoms with Gasteiger partial charge in [-0.25, -0.2) is 0 Å². The number of anilines is 9. The molecule has 4 heteroatoms. The zero-order valence-electron chi connectivity index (χ0n) is 38.9. The molecule has 65 heavy (non-hydrogen) atoms. The van der Waals surface area contributed by atoms with E-state index < -0.39 is 0 Å². The summed E-state index contributed by atoms with van der Waals surface area (Å²) in [5.74, 6) is 0.161. The lowest BCUT2D eigenvalue weighted by Gasteiger charge is -2.44. The minimum Gasteiger partial charge on any atom is -0.333 e. The lowest BCUT2D eigenvalue weighted by atomic mass is 9.80. The average molecular weight is 849 g/mol. The Balaban J connectivity index is 1.22. The predicted molar refractivity (Wildman–Crippen MR) is 278 cm³/mol. The van der Waals surface area contributed by atoms with Gasteiger partial charge in [-0.3, -0.25) is 0 Å². The van der Waals surface area contributed by atoms with Crippen LogP contribution in [0.2, 0.25) is 0 Å². The second-order valence-corrected chi connectivity index (χ2v) is 17.7. The van der Waals surface area contributed by atoms with Gasteiger partial charge in [-0.15, -0.1) is 0 Å². The SMILES string of the molecule is CC1=CC(N(c2ccccc2)c2ccccc2)=C(C)C(C)C1N(c1cc(C)c(N(C2=CC=CCC2)c2ccccc2)cc1C)c1cc(C)c(N(c2ccccc2)c2ccccc2)cc1C. The highest BCUT2D eigenvalue weighted by atomic mass is 15.2. The van der Waals surface area contributed by atoms with E-state index in [-0.39, 0.29) is 12.0 Å². The summed E-state index contributed by atoms with van der Waals surface area (Å²) in [5, 5.41) is 0.